The first-order chi connectivity index (χ1) is 11.5. The van der Waals surface area contributed by atoms with Crippen LogP contribution in [0, 0.1) is 5.82 Å². The molecule has 1 fully saturated rings. The van der Waals surface area contributed by atoms with Gasteiger partial charge in [0.05, 0.1) is 0 Å². The van der Waals surface area contributed by atoms with E-state index in [1.165, 1.54) is 12.1 Å². The van der Waals surface area contributed by atoms with Crippen LogP contribution in [0.5, 0.6) is 0 Å². The quantitative estimate of drug-likeness (QED) is 0.699. The highest BCUT2D eigenvalue weighted by Crippen LogP contribution is 2.21. The molecular formula is C16H16FN3O4. The number of aromatic amines is 1. The van der Waals surface area contributed by atoms with E-state index >= 15 is 0 Å². The van der Waals surface area contributed by atoms with Crippen LogP contribution < -0.4 is 5.32 Å². The summed E-state index contributed by atoms with van der Waals surface area (Å²) >= 11 is 0. The minimum atomic E-state index is -1.02. The molecule has 0 aliphatic carbocycles. The number of hydrogen-bond acceptors (Lipinski definition) is 3. The molecule has 126 valence electrons. The molecule has 1 aliphatic heterocycles. The number of rotatable bonds is 6. The molecule has 1 aromatic carbocycles. The van der Waals surface area contributed by atoms with E-state index in [4.69, 9.17) is 5.11 Å². The van der Waals surface area contributed by atoms with Gasteiger partial charge in [0.15, 0.2) is 0 Å². The fraction of sp³-hybridized carbons (Fsp3) is 0.312. The van der Waals surface area contributed by atoms with Gasteiger partial charge in [0, 0.05) is 30.1 Å². The van der Waals surface area contributed by atoms with Crippen LogP contribution in [0.1, 0.15) is 18.4 Å². The van der Waals surface area contributed by atoms with Crippen LogP contribution in [-0.2, 0) is 16.0 Å². The van der Waals surface area contributed by atoms with Crippen molar-refractivity contribution in [2.45, 2.75) is 25.3 Å². The van der Waals surface area contributed by atoms with Crippen LogP contribution >= 0.6 is 0 Å². The van der Waals surface area contributed by atoms with E-state index in [1.54, 1.807) is 12.3 Å². The summed E-state index contributed by atoms with van der Waals surface area (Å²) in [6, 6.07) is 3.06. The Kier molecular flexibility index (Phi) is 4.20. The smallest absolute Gasteiger partial charge is 0.324 e. The predicted molar refractivity (Wildman–Crippen MR) is 82.9 cm³/mol. The highest BCUT2D eigenvalue weighted by molar-refractivity contribution is 6.04. The number of imide groups is 1. The van der Waals surface area contributed by atoms with Gasteiger partial charge in [-0.3, -0.25) is 14.5 Å². The first kappa shape index (κ1) is 16.0. The standard InChI is InChI=1S/C16H16FN3O4/c17-10-1-2-12-11(7-10)9(8-18-12)5-6-20-15(23)13(19-16(20)24)3-4-14(21)22/h1-2,7-8,13,18H,3-6H2,(H,19,24)(H,21,22)/t13-/m0/s1. The number of nitrogens with one attached hydrogen (secondary N) is 2. The Bertz CT molecular complexity index is 817. The van der Waals surface area contributed by atoms with Gasteiger partial charge in [-0.2, -0.15) is 0 Å². The molecule has 0 bridgehead atoms. The third kappa shape index (κ3) is 3.08. The zero-order valence-corrected chi connectivity index (χ0v) is 12.7. The summed E-state index contributed by atoms with van der Waals surface area (Å²) in [4.78, 5) is 38.8. The van der Waals surface area contributed by atoms with Crippen molar-refractivity contribution < 1.29 is 23.9 Å². The first-order valence-corrected chi connectivity index (χ1v) is 7.55. The summed E-state index contributed by atoms with van der Waals surface area (Å²) in [5.74, 6) is -1.80. The number of carboxylic acids is 1. The summed E-state index contributed by atoms with van der Waals surface area (Å²) in [6.45, 7) is 0.151. The lowest BCUT2D eigenvalue weighted by atomic mass is 10.1. The zero-order chi connectivity index (χ0) is 17.3. The second kappa shape index (κ2) is 6.31. The van der Waals surface area contributed by atoms with Crippen LogP contribution in [0.25, 0.3) is 10.9 Å². The lowest BCUT2D eigenvalue weighted by Crippen LogP contribution is -2.33. The average Bonchev–Trinajstić information content (AvgIpc) is 3.04. The fourth-order valence-corrected chi connectivity index (χ4v) is 2.84. The third-order valence-corrected chi connectivity index (χ3v) is 4.09. The van der Waals surface area contributed by atoms with Crippen LogP contribution in [0.4, 0.5) is 9.18 Å². The second-order valence-corrected chi connectivity index (χ2v) is 5.68. The Balaban J connectivity index is 1.67. The molecule has 0 spiro atoms. The van der Waals surface area contributed by atoms with Gasteiger partial charge < -0.3 is 15.4 Å². The van der Waals surface area contributed by atoms with Crippen LogP contribution in [0.2, 0.25) is 0 Å². The summed E-state index contributed by atoms with van der Waals surface area (Å²) in [7, 11) is 0. The highest BCUT2D eigenvalue weighted by Gasteiger charge is 2.37. The van der Waals surface area contributed by atoms with Crippen molar-refractivity contribution in [1.29, 1.82) is 0 Å². The normalized spacial score (nSPS) is 17.5. The molecule has 7 nitrogen and oxygen atoms in total. The third-order valence-electron chi connectivity index (χ3n) is 4.09. The summed E-state index contributed by atoms with van der Waals surface area (Å²) in [6.07, 6.45) is 1.99. The molecule has 1 saturated heterocycles. The lowest BCUT2D eigenvalue weighted by Gasteiger charge is -2.12. The predicted octanol–water partition coefficient (Wildman–Crippen LogP) is 1.63. The van der Waals surface area contributed by atoms with E-state index in [0.29, 0.717) is 11.8 Å². The van der Waals surface area contributed by atoms with E-state index in [0.717, 1.165) is 16.0 Å². The largest absolute Gasteiger partial charge is 0.481 e. The maximum absolute atomic E-state index is 13.4. The van der Waals surface area contributed by atoms with Crippen LogP contribution in [0.3, 0.4) is 0 Å². The molecule has 2 heterocycles. The van der Waals surface area contributed by atoms with Crippen molar-refractivity contribution in [3.63, 3.8) is 0 Å². The van der Waals surface area contributed by atoms with E-state index in [9.17, 15) is 18.8 Å². The molecule has 0 unspecified atom stereocenters. The number of aliphatic carboxylic acids is 1. The number of carboxylic acid groups (broad SMARTS) is 1. The number of fused-ring (bicyclic) bond motifs is 1. The van der Waals surface area contributed by atoms with Gasteiger partial charge in [0.2, 0.25) is 0 Å². The SMILES string of the molecule is O=C(O)CC[C@@H]1NC(=O)N(CCc2c[nH]c3ccc(F)cc23)C1=O. The number of nitrogens with zero attached hydrogens (tertiary/aromatic N) is 1. The van der Waals surface area contributed by atoms with Gasteiger partial charge in [0.25, 0.3) is 5.91 Å². The Morgan fingerprint density at radius 3 is 2.88 bits per heavy atom. The molecule has 3 N–H and O–H groups in total. The Labute approximate surface area is 136 Å². The number of carbonyl (C=O) groups excluding carboxylic acids is 2. The molecule has 24 heavy (non-hydrogen) atoms. The average molecular weight is 333 g/mol. The molecule has 0 radical (unpaired) electrons. The van der Waals surface area contributed by atoms with Crippen molar-refractivity contribution in [2.24, 2.45) is 0 Å². The molecule has 2 aromatic rings. The van der Waals surface area contributed by atoms with Crippen molar-refractivity contribution >= 4 is 28.8 Å². The minimum Gasteiger partial charge on any atom is -0.481 e. The van der Waals surface area contributed by atoms with Gasteiger partial charge in [-0.05, 0) is 36.6 Å². The van der Waals surface area contributed by atoms with Crippen molar-refractivity contribution in [3.8, 4) is 0 Å². The Morgan fingerprint density at radius 1 is 1.33 bits per heavy atom. The van der Waals surface area contributed by atoms with Gasteiger partial charge >= 0.3 is 12.0 Å². The van der Waals surface area contributed by atoms with Crippen molar-refractivity contribution in [2.75, 3.05) is 6.54 Å². The zero-order valence-electron chi connectivity index (χ0n) is 12.7. The molecule has 3 rings (SSSR count). The van der Waals surface area contributed by atoms with Crippen molar-refractivity contribution in [3.05, 3.63) is 35.8 Å². The van der Waals surface area contributed by atoms with Crippen LogP contribution in [-0.4, -0.2) is 45.5 Å². The summed E-state index contributed by atoms with van der Waals surface area (Å²) < 4.78 is 13.4. The Morgan fingerprint density at radius 2 is 2.12 bits per heavy atom. The number of halogens is 1. The van der Waals surface area contributed by atoms with Gasteiger partial charge in [-0.15, -0.1) is 0 Å². The molecule has 8 heteroatoms. The molecule has 1 atom stereocenters. The second-order valence-electron chi connectivity index (χ2n) is 5.68. The Hall–Kier alpha value is -2.90. The van der Waals surface area contributed by atoms with Gasteiger partial charge in [-0.1, -0.05) is 0 Å². The molecule has 1 aromatic heterocycles. The molecule has 1 aliphatic rings. The molecule has 0 saturated carbocycles. The van der Waals surface area contributed by atoms with Crippen LogP contribution in [0.15, 0.2) is 24.4 Å². The number of H-pyrrole nitrogens is 1. The highest BCUT2D eigenvalue weighted by atomic mass is 19.1. The maximum atomic E-state index is 13.4. The summed E-state index contributed by atoms with van der Waals surface area (Å²) in [5, 5.41) is 11.9. The first-order valence-electron chi connectivity index (χ1n) is 7.55. The number of hydrogen-bond donors (Lipinski definition) is 3. The topological polar surface area (TPSA) is 102 Å². The number of amides is 3. The van der Waals surface area contributed by atoms with E-state index in [1.807, 2.05) is 0 Å². The number of urea groups is 1. The minimum absolute atomic E-state index is 0.0642. The molecule has 3 amide bonds. The summed E-state index contributed by atoms with van der Waals surface area (Å²) in [5.41, 5.74) is 1.59. The van der Waals surface area contributed by atoms with Gasteiger partial charge in [0.1, 0.15) is 11.9 Å². The number of benzene rings is 1. The van der Waals surface area contributed by atoms with Crippen molar-refractivity contribution in [1.82, 2.24) is 15.2 Å². The van der Waals surface area contributed by atoms with E-state index < -0.39 is 23.9 Å². The van der Waals surface area contributed by atoms with Gasteiger partial charge in [-0.25, -0.2) is 9.18 Å². The number of aromatic nitrogens is 1. The van der Waals surface area contributed by atoms with E-state index in [-0.39, 0.29) is 25.2 Å². The fourth-order valence-electron chi connectivity index (χ4n) is 2.84. The lowest BCUT2D eigenvalue weighted by molar-refractivity contribution is -0.137. The van der Waals surface area contributed by atoms with E-state index in [2.05, 4.69) is 10.3 Å². The number of carbonyl (C=O) groups is 3. The molecular weight excluding hydrogens is 317 g/mol. The monoisotopic (exact) mass is 333 g/mol. The maximum Gasteiger partial charge on any atom is 0.324 e.